The molecule has 0 spiro atoms. The van der Waals surface area contributed by atoms with Crippen LogP contribution in [0.3, 0.4) is 0 Å². The fourth-order valence-electron chi connectivity index (χ4n) is 5.79. The average Bonchev–Trinajstić information content (AvgIpc) is 3.56. The van der Waals surface area contributed by atoms with Crippen LogP contribution >= 0.6 is 11.3 Å². The number of piperidine rings is 1. The number of hydrogen-bond donors (Lipinski definition) is 2. The number of para-hydroxylation sites is 1. The summed E-state index contributed by atoms with van der Waals surface area (Å²) in [7, 11) is 0. The van der Waals surface area contributed by atoms with E-state index in [1.807, 2.05) is 36.7 Å². The van der Waals surface area contributed by atoms with Crippen LogP contribution in [-0.2, 0) is 0 Å². The average molecular weight is 516 g/mol. The molecule has 0 bridgehead atoms. The summed E-state index contributed by atoms with van der Waals surface area (Å²) in [6.07, 6.45) is 10.7. The molecule has 6 rings (SSSR count). The van der Waals surface area contributed by atoms with Gasteiger partial charge in [0.25, 0.3) is 5.56 Å². The normalized spacial score (nSPS) is 20.7. The number of rotatable bonds is 6. The first-order valence-corrected chi connectivity index (χ1v) is 14.1. The first-order chi connectivity index (χ1) is 18.0. The third-order valence-corrected chi connectivity index (χ3v) is 9.07. The van der Waals surface area contributed by atoms with Crippen molar-refractivity contribution in [1.82, 2.24) is 24.9 Å². The molecule has 2 unspecified atom stereocenters. The number of hydrogen-bond acceptors (Lipinski definition) is 8. The Bertz CT molecular complexity index is 1390. The van der Waals surface area contributed by atoms with Crippen molar-refractivity contribution in [3.05, 3.63) is 58.9 Å². The predicted octanol–water partition coefficient (Wildman–Crippen LogP) is 5.46. The van der Waals surface area contributed by atoms with Gasteiger partial charge >= 0.3 is 0 Å². The van der Waals surface area contributed by atoms with Gasteiger partial charge in [0.1, 0.15) is 22.7 Å². The van der Waals surface area contributed by atoms with E-state index in [1.165, 1.54) is 12.0 Å². The molecule has 2 N–H and O–H groups in total. The summed E-state index contributed by atoms with van der Waals surface area (Å²) in [5.74, 6) is 3.08. The molecule has 37 heavy (non-hydrogen) atoms. The number of H-pyrrole nitrogens is 1. The molecule has 0 radical (unpaired) electrons. The highest BCUT2D eigenvalue weighted by Gasteiger charge is 2.30. The lowest BCUT2D eigenvalue weighted by atomic mass is 9.91. The quantitative estimate of drug-likeness (QED) is 0.352. The zero-order valence-electron chi connectivity index (χ0n) is 21.4. The highest BCUT2D eigenvalue weighted by Crippen LogP contribution is 2.37. The van der Waals surface area contributed by atoms with Crippen LogP contribution in [0.5, 0.6) is 0 Å². The summed E-state index contributed by atoms with van der Waals surface area (Å²) >= 11 is 1.54. The standard InChI is InChI=1S/C28H33N7OS/c1-17(2)19-7-8-21(13-19)31-25-24(27-32-22-5-3-4-6-23(22)37-27)26(36)34-28(33-25)35-11-9-18(10-12-35)20-14-29-16-30-15-20/h3-6,14-19,21H,7-13H2,1-2H3,(H2,31,33,34,36). The minimum atomic E-state index is -0.136. The van der Waals surface area contributed by atoms with Crippen molar-refractivity contribution in [2.75, 3.05) is 23.3 Å². The van der Waals surface area contributed by atoms with Crippen molar-refractivity contribution in [2.24, 2.45) is 11.8 Å². The van der Waals surface area contributed by atoms with Crippen LogP contribution < -0.4 is 15.8 Å². The molecule has 4 aromatic rings. The van der Waals surface area contributed by atoms with Crippen LogP contribution in [-0.4, -0.2) is 44.1 Å². The Morgan fingerprint density at radius 3 is 2.57 bits per heavy atom. The van der Waals surface area contributed by atoms with E-state index in [9.17, 15) is 4.79 Å². The van der Waals surface area contributed by atoms with Gasteiger partial charge in [-0.15, -0.1) is 11.3 Å². The minimum Gasteiger partial charge on any atom is -0.366 e. The maximum absolute atomic E-state index is 13.6. The third-order valence-electron chi connectivity index (χ3n) is 8.02. The number of nitrogens with one attached hydrogen (secondary N) is 2. The molecule has 1 aliphatic carbocycles. The molecule has 9 heteroatoms. The van der Waals surface area contributed by atoms with Crippen LogP contribution in [0.25, 0.3) is 20.8 Å². The van der Waals surface area contributed by atoms with Crippen molar-refractivity contribution >= 4 is 33.3 Å². The van der Waals surface area contributed by atoms with Crippen molar-refractivity contribution < 1.29 is 0 Å². The van der Waals surface area contributed by atoms with E-state index in [2.05, 4.69) is 39.0 Å². The number of aromatic nitrogens is 5. The number of thiazole rings is 1. The maximum atomic E-state index is 13.6. The second kappa shape index (κ2) is 10.2. The van der Waals surface area contributed by atoms with Gasteiger partial charge in [-0.05, 0) is 67.6 Å². The van der Waals surface area contributed by atoms with Gasteiger partial charge < -0.3 is 10.2 Å². The van der Waals surface area contributed by atoms with Crippen LogP contribution in [0, 0.1) is 11.8 Å². The largest absolute Gasteiger partial charge is 0.366 e. The fourth-order valence-corrected chi connectivity index (χ4v) is 6.79. The predicted molar refractivity (Wildman–Crippen MR) is 149 cm³/mol. The van der Waals surface area contributed by atoms with E-state index in [0.717, 1.165) is 49.0 Å². The van der Waals surface area contributed by atoms with E-state index >= 15 is 0 Å². The molecular formula is C28H33N7OS. The first kappa shape index (κ1) is 24.0. The molecule has 192 valence electrons. The summed E-state index contributed by atoms with van der Waals surface area (Å²) in [5, 5.41) is 4.40. The second-order valence-corrected chi connectivity index (χ2v) is 11.7. The van der Waals surface area contributed by atoms with Crippen molar-refractivity contribution in [2.45, 2.75) is 57.9 Å². The van der Waals surface area contributed by atoms with Crippen molar-refractivity contribution in [3.8, 4) is 10.6 Å². The molecular weight excluding hydrogens is 482 g/mol. The Labute approximate surface area is 220 Å². The lowest BCUT2D eigenvalue weighted by Gasteiger charge is -2.32. The summed E-state index contributed by atoms with van der Waals surface area (Å²) in [6, 6.07) is 8.33. The third kappa shape index (κ3) is 4.97. The molecule has 8 nitrogen and oxygen atoms in total. The van der Waals surface area contributed by atoms with E-state index in [1.54, 1.807) is 17.7 Å². The van der Waals surface area contributed by atoms with E-state index < -0.39 is 0 Å². The van der Waals surface area contributed by atoms with Crippen LogP contribution in [0.15, 0.2) is 47.8 Å². The Morgan fingerprint density at radius 1 is 1.05 bits per heavy atom. The molecule has 4 heterocycles. The summed E-state index contributed by atoms with van der Waals surface area (Å²) in [5.41, 5.74) is 2.50. The van der Waals surface area contributed by atoms with Gasteiger partial charge in [-0.1, -0.05) is 26.0 Å². The molecule has 0 amide bonds. The molecule has 2 aliphatic rings. The summed E-state index contributed by atoms with van der Waals surface area (Å²) < 4.78 is 1.07. The number of fused-ring (bicyclic) bond motifs is 1. The van der Waals surface area contributed by atoms with Gasteiger partial charge in [0.15, 0.2) is 0 Å². The smallest absolute Gasteiger partial charge is 0.264 e. The van der Waals surface area contributed by atoms with Crippen molar-refractivity contribution in [1.29, 1.82) is 0 Å². The zero-order chi connectivity index (χ0) is 25.4. The Balaban J connectivity index is 1.31. The van der Waals surface area contributed by atoms with Gasteiger partial charge in [0.2, 0.25) is 5.95 Å². The summed E-state index contributed by atoms with van der Waals surface area (Å²) in [4.78, 5) is 37.1. The monoisotopic (exact) mass is 515 g/mol. The van der Waals surface area contributed by atoms with Gasteiger partial charge in [0.05, 0.1) is 10.2 Å². The Hall–Kier alpha value is -3.33. The van der Waals surface area contributed by atoms with E-state index in [-0.39, 0.29) is 5.56 Å². The molecule has 1 aromatic carbocycles. The molecule has 1 saturated carbocycles. The molecule has 1 aliphatic heterocycles. The fraction of sp³-hybridized carbons (Fsp3) is 0.464. The van der Waals surface area contributed by atoms with Crippen LogP contribution in [0.4, 0.5) is 11.8 Å². The Kier molecular flexibility index (Phi) is 6.63. The SMILES string of the molecule is CC(C)C1CCC(Nc2nc(N3CCC(c4cncnc4)CC3)[nH]c(=O)c2-c2nc3ccccc3s2)C1. The Morgan fingerprint density at radius 2 is 1.84 bits per heavy atom. The number of anilines is 2. The molecule has 3 aromatic heterocycles. The van der Waals surface area contributed by atoms with Crippen LogP contribution in [0.2, 0.25) is 0 Å². The first-order valence-electron chi connectivity index (χ1n) is 13.3. The van der Waals surface area contributed by atoms with Gasteiger partial charge in [-0.2, -0.15) is 4.98 Å². The summed E-state index contributed by atoms with van der Waals surface area (Å²) in [6.45, 7) is 6.24. The zero-order valence-corrected chi connectivity index (χ0v) is 22.2. The topological polar surface area (TPSA) is 99.7 Å². The highest BCUT2D eigenvalue weighted by atomic mass is 32.1. The van der Waals surface area contributed by atoms with Gasteiger partial charge in [-0.25, -0.2) is 15.0 Å². The van der Waals surface area contributed by atoms with Gasteiger partial charge in [-0.3, -0.25) is 9.78 Å². The second-order valence-electron chi connectivity index (χ2n) is 10.7. The number of nitrogens with zero attached hydrogens (tertiary/aromatic N) is 5. The van der Waals surface area contributed by atoms with Crippen LogP contribution in [0.1, 0.15) is 57.4 Å². The lowest BCUT2D eigenvalue weighted by molar-refractivity contribution is 0.393. The minimum absolute atomic E-state index is 0.136. The number of aromatic amines is 1. The molecule has 2 atom stereocenters. The highest BCUT2D eigenvalue weighted by molar-refractivity contribution is 7.21. The maximum Gasteiger partial charge on any atom is 0.264 e. The lowest BCUT2D eigenvalue weighted by Crippen LogP contribution is -2.36. The molecule has 1 saturated heterocycles. The van der Waals surface area contributed by atoms with E-state index in [0.29, 0.717) is 46.1 Å². The van der Waals surface area contributed by atoms with Crippen molar-refractivity contribution in [3.63, 3.8) is 0 Å². The van der Waals surface area contributed by atoms with E-state index in [4.69, 9.17) is 9.97 Å². The number of benzene rings is 1. The molecule has 2 fully saturated rings. The van der Waals surface area contributed by atoms with Gasteiger partial charge in [0, 0.05) is 31.5 Å².